The molecule has 0 saturated heterocycles. The maximum absolute atomic E-state index is 13.5. The fourth-order valence-corrected chi connectivity index (χ4v) is 3.55. The molecule has 0 aliphatic rings. The van der Waals surface area contributed by atoms with Crippen molar-refractivity contribution in [1.82, 2.24) is 19.6 Å². The Balaban J connectivity index is 1.77. The zero-order chi connectivity index (χ0) is 20.4. The van der Waals surface area contributed by atoms with E-state index in [9.17, 15) is 4.39 Å². The summed E-state index contributed by atoms with van der Waals surface area (Å²) in [5.41, 5.74) is 5.13. The topological polar surface area (TPSA) is 55.1 Å². The van der Waals surface area contributed by atoms with E-state index in [4.69, 9.17) is 0 Å². The first-order valence-electron chi connectivity index (χ1n) is 9.93. The van der Waals surface area contributed by atoms with Crippen LogP contribution in [0.4, 0.5) is 15.9 Å². The summed E-state index contributed by atoms with van der Waals surface area (Å²) in [4.78, 5) is 9.23. The molecule has 0 atom stereocenters. The van der Waals surface area contributed by atoms with E-state index in [-0.39, 0.29) is 5.82 Å². The molecule has 2 aromatic carbocycles. The molecule has 5 nitrogen and oxygen atoms in total. The van der Waals surface area contributed by atoms with Gasteiger partial charge in [0.15, 0.2) is 5.82 Å². The molecule has 0 saturated carbocycles. The van der Waals surface area contributed by atoms with E-state index in [2.05, 4.69) is 52.4 Å². The summed E-state index contributed by atoms with van der Waals surface area (Å²) in [6.07, 6.45) is 2.25. The van der Waals surface area contributed by atoms with Crippen LogP contribution in [-0.2, 0) is 19.3 Å². The Kier molecular flexibility index (Phi) is 5.25. The van der Waals surface area contributed by atoms with E-state index >= 15 is 0 Å². The Hall–Kier alpha value is -3.28. The number of hydrogen-bond donors (Lipinski definition) is 1. The Morgan fingerprint density at radius 1 is 0.966 bits per heavy atom. The summed E-state index contributed by atoms with van der Waals surface area (Å²) in [5.74, 6) is 1.77. The predicted molar refractivity (Wildman–Crippen MR) is 113 cm³/mol. The van der Waals surface area contributed by atoms with Crippen LogP contribution in [0.1, 0.15) is 42.1 Å². The monoisotopic (exact) mass is 389 g/mol. The zero-order valence-electron chi connectivity index (χ0n) is 16.9. The first-order chi connectivity index (χ1) is 14.1. The van der Waals surface area contributed by atoms with Gasteiger partial charge >= 0.3 is 0 Å². The molecule has 0 bridgehead atoms. The minimum absolute atomic E-state index is 0.258. The van der Waals surface area contributed by atoms with Crippen molar-refractivity contribution in [2.75, 3.05) is 5.32 Å². The highest BCUT2D eigenvalue weighted by molar-refractivity contribution is 5.63. The molecular formula is C23H24FN5. The van der Waals surface area contributed by atoms with Crippen LogP contribution in [-0.4, -0.2) is 19.6 Å². The third-order valence-electron chi connectivity index (χ3n) is 5.04. The summed E-state index contributed by atoms with van der Waals surface area (Å²) >= 11 is 0. The molecule has 148 valence electrons. The van der Waals surface area contributed by atoms with Crippen LogP contribution < -0.4 is 5.32 Å². The van der Waals surface area contributed by atoms with Gasteiger partial charge in [-0.05, 0) is 55.2 Å². The molecule has 6 heteroatoms. The largest absolute Gasteiger partial charge is 0.340 e. The van der Waals surface area contributed by atoms with Gasteiger partial charge in [0.05, 0.1) is 0 Å². The minimum atomic E-state index is -0.258. The van der Waals surface area contributed by atoms with Gasteiger partial charge in [0.2, 0.25) is 0 Å². The maximum atomic E-state index is 13.5. The number of halogens is 1. The second-order valence-electron chi connectivity index (χ2n) is 7.10. The number of aryl methyl sites for hydroxylation is 2. The Morgan fingerprint density at radius 2 is 1.76 bits per heavy atom. The summed E-state index contributed by atoms with van der Waals surface area (Å²) < 4.78 is 15.3. The first kappa shape index (κ1) is 19.1. The van der Waals surface area contributed by atoms with Crippen LogP contribution >= 0.6 is 0 Å². The van der Waals surface area contributed by atoms with E-state index in [0.717, 1.165) is 41.2 Å². The minimum Gasteiger partial charge on any atom is -0.340 e. The average molecular weight is 389 g/mol. The fraction of sp³-hybridized carbons (Fsp3) is 0.261. The van der Waals surface area contributed by atoms with Crippen LogP contribution in [0.5, 0.6) is 0 Å². The number of nitrogens with one attached hydrogen (secondary N) is 1. The summed E-state index contributed by atoms with van der Waals surface area (Å²) in [7, 11) is 0. The first-order valence-corrected chi connectivity index (χ1v) is 9.93. The third kappa shape index (κ3) is 3.97. The highest BCUT2D eigenvalue weighted by Gasteiger charge is 2.16. The Bertz CT molecular complexity index is 1170. The van der Waals surface area contributed by atoms with Crippen LogP contribution in [0.3, 0.4) is 0 Å². The lowest BCUT2D eigenvalue weighted by Crippen LogP contribution is -2.08. The normalized spacial score (nSPS) is 11.2. The van der Waals surface area contributed by atoms with Gasteiger partial charge in [0.25, 0.3) is 5.78 Å². The smallest absolute Gasteiger partial charge is 0.254 e. The van der Waals surface area contributed by atoms with E-state index in [1.807, 2.05) is 19.1 Å². The Labute approximate surface area is 169 Å². The molecular weight excluding hydrogens is 365 g/mol. The number of hydrogen-bond acceptors (Lipinski definition) is 4. The molecule has 0 radical (unpaired) electrons. The third-order valence-corrected chi connectivity index (χ3v) is 5.04. The highest BCUT2D eigenvalue weighted by Crippen LogP contribution is 2.25. The molecule has 4 rings (SSSR count). The van der Waals surface area contributed by atoms with E-state index in [1.54, 1.807) is 10.6 Å². The molecule has 29 heavy (non-hydrogen) atoms. The van der Waals surface area contributed by atoms with Crippen molar-refractivity contribution in [2.45, 2.75) is 40.0 Å². The molecule has 1 N–H and O–H groups in total. The van der Waals surface area contributed by atoms with Gasteiger partial charge in [-0.3, -0.25) is 0 Å². The van der Waals surface area contributed by atoms with Crippen molar-refractivity contribution in [3.05, 3.63) is 82.6 Å². The number of rotatable bonds is 6. The molecule has 2 aromatic heterocycles. The van der Waals surface area contributed by atoms with Crippen molar-refractivity contribution in [1.29, 1.82) is 0 Å². The standard InChI is InChI=1S/C23H24FN5/c1-4-16-8-7-11-19(13-16)26-22-20(5-2)15(3)25-23-27-21(28-29(22)23)14-17-9-6-10-18(24)12-17/h6-13,26H,4-5,14H2,1-3H3. The fourth-order valence-electron chi connectivity index (χ4n) is 3.55. The van der Waals surface area contributed by atoms with E-state index < -0.39 is 0 Å². The number of aromatic nitrogens is 4. The van der Waals surface area contributed by atoms with Crippen molar-refractivity contribution < 1.29 is 4.39 Å². The average Bonchev–Trinajstić information content (AvgIpc) is 3.10. The number of anilines is 2. The van der Waals surface area contributed by atoms with Gasteiger partial charge in [0, 0.05) is 23.4 Å². The lowest BCUT2D eigenvalue weighted by molar-refractivity contribution is 0.625. The van der Waals surface area contributed by atoms with Gasteiger partial charge in [-0.1, -0.05) is 38.1 Å². The van der Waals surface area contributed by atoms with Crippen LogP contribution in [0, 0.1) is 12.7 Å². The van der Waals surface area contributed by atoms with E-state index in [0.29, 0.717) is 18.0 Å². The molecule has 0 amide bonds. The summed E-state index contributed by atoms with van der Waals surface area (Å²) in [5, 5.41) is 8.21. The number of fused-ring (bicyclic) bond motifs is 1. The Morgan fingerprint density at radius 3 is 2.52 bits per heavy atom. The highest BCUT2D eigenvalue weighted by atomic mass is 19.1. The molecule has 0 unspecified atom stereocenters. The van der Waals surface area contributed by atoms with Gasteiger partial charge in [-0.2, -0.15) is 9.50 Å². The molecule has 0 aliphatic heterocycles. The van der Waals surface area contributed by atoms with Gasteiger partial charge in [0.1, 0.15) is 11.6 Å². The zero-order valence-corrected chi connectivity index (χ0v) is 16.9. The van der Waals surface area contributed by atoms with Crippen LogP contribution in [0.15, 0.2) is 48.5 Å². The van der Waals surface area contributed by atoms with Gasteiger partial charge in [-0.15, -0.1) is 5.10 Å². The summed E-state index contributed by atoms with van der Waals surface area (Å²) in [6.45, 7) is 6.24. The lowest BCUT2D eigenvalue weighted by atomic mass is 10.1. The van der Waals surface area contributed by atoms with Crippen LogP contribution in [0.25, 0.3) is 5.78 Å². The predicted octanol–water partition coefficient (Wildman–Crippen LogP) is 5.03. The van der Waals surface area contributed by atoms with Gasteiger partial charge in [-0.25, -0.2) is 9.37 Å². The van der Waals surface area contributed by atoms with Gasteiger partial charge < -0.3 is 5.32 Å². The molecule has 2 heterocycles. The molecule has 0 aliphatic carbocycles. The maximum Gasteiger partial charge on any atom is 0.254 e. The van der Waals surface area contributed by atoms with Crippen LogP contribution in [0.2, 0.25) is 0 Å². The van der Waals surface area contributed by atoms with Crippen molar-refractivity contribution in [3.8, 4) is 0 Å². The SMILES string of the molecule is CCc1cccc(Nc2c(CC)c(C)nc3nc(Cc4cccc(F)c4)nn23)c1. The summed E-state index contributed by atoms with van der Waals surface area (Å²) in [6, 6.07) is 14.9. The molecule has 0 fully saturated rings. The second-order valence-corrected chi connectivity index (χ2v) is 7.10. The van der Waals surface area contributed by atoms with Crippen molar-refractivity contribution in [3.63, 3.8) is 0 Å². The second kappa shape index (κ2) is 7.99. The molecule has 4 aromatic rings. The van der Waals surface area contributed by atoms with Crippen molar-refractivity contribution in [2.24, 2.45) is 0 Å². The number of nitrogens with zero attached hydrogens (tertiary/aromatic N) is 4. The lowest BCUT2D eigenvalue weighted by Gasteiger charge is -2.14. The quantitative estimate of drug-likeness (QED) is 0.502. The number of benzene rings is 2. The molecule has 0 spiro atoms. The van der Waals surface area contributed by atoms with E-state index in [1.165, 1.54) is 17.7 Å². The van der Waals surface area contributed by atoms with Crippen molar-refractivity contribution >= 4 is 17.3 Å².